The zero-order chi connectivity index (χ0) is 19.5. The van der Waals surface area contributed by atoms with Crippen molar-refractivity contribution in [1.29, 1.82) is 0 Å². The predicted octanol–water partition coefficient (Wildman–Crippen LogP) is 1.96. The fourth-order valence-electron chi connectivity index (χ4n) is 2.55. The van der Waals surface area contributed by atoms with E-state index in [9.17, 15) is 18.0 Å². The summed E-state index contributed by atoms with van der Waals surface area (Å²) in [6, 6.07) is 12.5. The Balaban J connectivity index is 2.38. The average molecular weight is 374 g/mol. The highest BCUT2D eigenvalue weighted by Crippen LogP contribution is 2.19. The molecule has 0 bridgehead atoms. The topological polar surface area (TPSA) is 83.6 Å². The van der Waals surface area contributed by atoms with Gasteiger partial charge in [0.1, 0.15) is 6.04 Å². The van der Waals surface area contributed by atoms with Crippen molar-refractivity contribution in [2.75, 3.05) is 20.4 Å². The summed E-state index contributed by atoms with van der Waals surface area (Å²) >= 11 is 0. The number of hydrogen-bond acceptors (Lipinski definition) is 4. The number of nitrogens with one attached hydrogen (secondary N) is 1. The minimum atomic E-state index is -3.46. The largest absolute Gasteiger partial charge is 0.347 e. The molecule has 2 amide bonds. The second-order valence-electron chi connectivity index (χ2n) is 6.30. The molecule has 2 rings (SSSR count). The van der Waals surface area contributed by atoms with E-state index < -0.39 is 21.8 Å². The van der Waals surface area contributed by atoms with Gasteiger partial charge < -0.3 is 10.2 Å². The monoisotopic (exact) mass is 374 g/mol. The normalized spacial score (nSPS) is 12.3. The highest BCUT2D eigenvalue weighted by molar-refractivity contribution is 7.90. The second-order valence-corrected chi connectivity index (χ2v) is 8.29. The van der Waals surface area contributed by atoms with E-state index in [0.29, 0.717) is 11.1 Å². The summed E-state index contributed by atoms with van der Waals surface area (Å²) in [4.78, 5) is 26.7. The standard InChI is InChI=1S/C19H22N2O4S/c1-13-10-11-15(12-16(13)26(4,24)25)18(22)20-17(19(23)21(2)3)14-8-6-5-7-9-14/h5-12,17H,1-4H3,(H,20,22)/t17-/m1/s1. The van der Waals surface area contributed by atoms with Crippen LogP contribution in [-0.2, 0) is 14.6 Å². The first-order valence-electron chi connectivity index (χ1n) is 7.99. The summed E-state index contributed by atoms with van der Waals surface area (Å²) in [6.45, 7) is 1.67. The summed E-state index contributed by atoms with van der Waals surface area (Å²) in [5, 5.41) is 2.70. The van der Waals surface area contributed by atoms with Gasteiger partial charge in [0.2, 0.25) is 5.91 Å². The molecule has 0 aliphatic rings. The summed E-state index contributed by atoms with van der Waals surface area (Å²) in [5.74, 6) is -0.793. The van der Waals surface area contributed by atoms with Crippen LogP contribution in [0.4, 0.5) is 0 Å². The van der Waals surface area contributed by atoms with Crippen LogP contribution in [-0.4, -0.2) is 45.5 Å². The van der Waals surface area contributed by atoms with Crippen LogP contribution >= 0.6 is 0 Å². The third-order valence-corrected chi connectivity index (χ3v) is 5.18. The molecule has 7 heteroatoms. The lowest BCUT2D eigenvalue weighted by atomic mass is 10.0. The minimum absolute atomic E-state index is 0.0975. The Morgan fingerprint density at radius 1 is 1.04 bits per heavy atom. The van der Waals surface area contributed by atoms with Crippen molar-refractivity contribution in [3.8, 4) is 0 Å². The predicted molar refractivity (Wildman–Crippen MR) is 99.6 cm³/mol. The van der Waals surface area contributed by atoms with Gasteiger partial charge in [-0.25, -0.2) is 8.42 Å². The zero-order valence-corrected chi connectivity index (χ0v) is 16.0. The molecular formula is C19H22N2O4S. The molecule has 0 saturated carbocycles. The number of carbonyl (C=O) groups excluding carboxylic acids is 2. The maximum atomic E-state index is 12.7. The molecule has 0 unspecified atom stereocenters. The van der Waals surface area contributed by atoms with E-state index in [1.54, 1.807) is 57.4 Å². The molecule has 138 valence electrons. The molecule has 1 N–H and O–H groups in total. The number of aryl methyl sites for hydroxylation is 1. The third kappa shape index (κ3) is 4.49. The van der Waals surface area contributed by atoms with Crippen molar-refractivity contribution >= 4 is 21.7 Å². The molecule has 0 saturated heterocycles. The molecule has 0 aliphatic heterocycles. The number of rotatable bonds is 5. The van der Waals surface area contributed by atoms with Crippen molar-refractivity contribution in [1.82, 2.24) is 10.2 Å². The SMILES string of the molecule is Cc1ccc(C(=O)N[C@@H](C(=O)N(C)C)c2ccccc2)cc1S(C)(=O)=O. The number of sulfone groups is 1. The van der Waals surface area contributed by atoms with Gasteiger partial charge in [0.15, 0.2) is 9.84 Å². The molecule has 0 aliphatic carbocycles. The van der Waals surface area contributed by atoms with Crippen LogP contribution in [0.5, 0.6) is 0 Å². The van der Waals surface area contributed by atoms with Gasteiger partial charge in [-0.1, -0.05) is 36.4 Å². The number of carbonyl (C=O) groups is 2. The first-order chi connectivity index (χ1) is 12.1. The molecule has 2 aromatic carbocycles. The molecule has 26 heavy (non-hydrogen) atoms. The van der Waals surface area contributed by atoms with Crippen molar-refractivity contribution in [2.45, 2.75) is 17.9 Å². The van der Waals surface area contributed by atoms with Crippen LogP contribution in [0.3, 0.4) is 0 Å². The Hall–Kier alpha value is -2.67. The number of nitrogens with zero attached hydrogens (tertiary/aromatic N) is 1. The van der Waals surface area contributed by atoms with Crippen molar-refractivity contribution in [2.24, 2.45) is 0 Å². The van der Waals surface area contributed by atoms with E-state index in [4.69, 9.17) is 0 Å². The molecule has 2 aromatic rings. The van der Waals surface area contributed by atoms with Crippen LogP contribution in [0.25, 0.3) is 0 Å². The van der Waals surface area contributed by atoms with Crippen LogP contribution in [0.15, 0.2) is 53.4 Å². The number of amides is 2. The van der Waals surface area contributed by atoms with Crippen LogP contribution in [0, 0.1) is 6.92 Å². The summed E-state index contributed by atoms with van der Waals surface area (Å²) < 4.78 is 23.8. The summed E-state index contributed by atoms with van der Waals surface area (Å²) in [6.07, 6.45) is 1.10. The lowest BCUT2D eigenvalue weighted by Gasteiger charge is -2.22. The third-order valence-electron chi connectivity index (χ3n) is 3.95. The van der Waals surface area contributed by atoms with Gasteiger partial charge in [0, 0.05) is 25.9 Å². The van der Waals surface area contributed by atoms with E-state index in [0.717, 1.165) is 6.26 Å². The molecular weight excluding hydrogens is 352 g/mol. The lowest BCUT2D eigenvalue weighted by molar-refractivity contribution is -0.130. The van der Waals surface area contributed by atoms with Crippen molar-refractivity contribution in [3.63, 3.8) is 0 Å². The number of benzene rings is 2. The average Bonchev–Trinajstić information content (AvgIpc) is 2.58. The molecule has 6 nitrogen and oxygen atoms in total. The molecule has 0 radical (unpaired) electrons. The molecule has 1 atom stereocenters. The first kappa shape index (κ1) is 19.7. The van der Waals surface area contributed by atoms with Gasteiger partial charge >= 0.3 is 0 Å². The minimum Gasteiger partial charge on any atom is -0.347 e. The Kier molecular flexibility index (Phi) is 5.82. The number of hydrogen-bond donors (Lipinski definition) is 1. The fourth-order valence-corrected chi connectivity index (χ4v) is 3.54. The Labute approximate surface area is 153 Å². The van der Waals surface area contributed by atoms with Crippen LogP contribution < -0.4 is 5.32 Å². The van der Waals surface area contributed by atoms with Crippen LogP contribution in [0.1, 0.15) is 27.5 Å². The first-order valence-corrected chi connectivity index (χ1v) is 9.88. The van der Waals surface area contributed by atoms with Gasteiger partial charge in [-0.2, -0.15) is 0 Å². The highest BCUT2D eigenvalue weighted by atomic mass is 32.2. The zero-order valence-electron chi connectivity index (χ0n) is 15.2. The molecule has 0 fully saturated rings. The van der Waals surface area contributed by atoms with Crippen molar-refractivity contribution in [3.05, 3.63) is 65.2 Å². The molecule has 0 spiro atoms. The van der Waals surface area contributed by atoms with Gasteiger partial charge in [-0.15, -0.1) is 0 Å². The van der Waals surface area contributed by atoms with Gasteiger partial charge in [-0.05, 0) is 30.2 Å². The van der Waals surface area contributed by atoms with E-state index in [1.807, 2.05) is 6.07 Å². The Morgan fingerprint density at radius 3 is 2.19 bits per heavy atom. The Morgan fingerprint density at radius 2 is 1.65 bits per heavy atom. The maximum Gasteiger partial charge on any atom is 0.252 e. The summed E-state index contributed by atoms with van der Waals surface area (Å²) in [7, 11) is -0.237. The Bertz CT molecular complexity index is 922. The quantitative estimate of drug-likeness (QED) is 0.867. The second kappa shape index (κ2) is 7.70. The van der Waals surface area contributed by atoms with Crippen molar-refractivity contribution < 1.29 is 18.0 Å². The van der Waals surface area contributed by atoms with E-state index >= 15 is 0 Å². The van der Waals surface area contributed by atoms with E-state index in [1.165, 1.54) is 11.0 Å². The lowest BCUT2D eigenvalue weighted by Crippen LogP contribution is -2.39. The molecule has 0 heterocycles. The highest BCUT2D eigenvalue weighted by Gasteiger charge is 2.25. The van der Waals surface area contributed by atoms with Crippen LogP contribution in [0.2, 0.25) is 0 Å². The maximum absolute atomic E-state index is 12.7. The van der Waals surface area contributed by atoms with E-state index in [-0.39, 0.29) is 16.4 Å². The summed E-state index contributed by atoms with van der Waals surface area (Å²) in [5.41, 5.74) is 1.39. The molecule has 0 aromatic heterocycles. The van der Waals surface area contributed by atoms with E-state index in [2.05, 4.69) is 5.32 Å². The smallest absolute Gasteiger partial charge is 0.252 e. The van der Waals surface area contributed by atoms with Gasteiger partial charge in [0.25, 0.3) is 5.91 Å². The fraction of sp³-hybridized carbons (Fsp3) is 0.263. The van der Waals surface area contributed by atoms with Gasteiger partial charge in [0.05, 0.1) is 4.90 Å². The van der Waals surface area contributed by atoms with Gasteiger partial charge in [-0.3, -0.25) is 9.59 Å². The number of likely N-dealkylation sites (N-methyl/N-ethyl adjacent to an activating group) is 1.